The molecule has 0 aromatic rings. The molecule has 0 aliphatic rings. The smallest absolute Gasteiger partial charge is 0.477 e. The fraction of sp³-hybridized carbons (Fsp3) is 1.00. The summed E-state index contributed by atoms with van der Waals surface area (Å²) in [5, 5.41) is 0. The van der Waals surface area contributed by atoms with E-state index in [1.807, 2.05) is 0 Å². The Morgan fingerprint density at radius 2 is 1.23 bits per heavy atom. The molecule has 0 aliphatic carbocycles. The summed E-state index contributed by atoms with van der Waals surface area (Å²) in [7, 11) is 0. The molecule has 0 saturated heterocycles. The molecule has 0 aromatic carbocycles. The van der Waals surface area contributed by atoms with Gasteiger partial charge in [-0.1, -0.05) is 0 Å². The van der Waals surface area contributed by atoms with Crippen LogP contribution in [-0.4, -0.2) is 55.2 Å². The van der Waals surface area contributed by atoms with Crippen LogP contribution in [0.25, 0.3) is 0 Å². The minimum absolute atomic E-state index is 0. The number of nitrogens with zero attached hydrogens (tertiary/aromatic N) is 1. The molecule has 0 amide bonds. The number of halogens is 6. The van der Waals surface area contributed by atoms with Gasteiger partial charge in [0.25, 0.3) is 0 Å². The molecule has 0 bridgehead atoms. The van der Waals surface area contributed by atoms with Crippen molar-refractivity contribution in [1.29, 1.82) is 0 Å². The number of rotatable bonds is 1. The first-order chi connectivity index (χ1) is 5.07. The van der Waals surface area contributed by atoms with Gasteiger partial charge in [0.15, 0.2) is 0 Å². The van der Waals surface area contributed by atoms with E-state index in [9.17, 15) is 35.1 Å². The molecule has 1 atom stereocenters. The monoisotopic (exact) mass is 239 g/mol. The van der Waals surface area contributed by atoms with E-state index in [1.54, 1.807) is 0 Å². The fourth-order valence-corrected chi connectivity index (χ4v) is 0.651. The third kappa shape index (κ3) is 5.18. The Morgan fingerprint density at radius 1 is 1.00 bits per heavy atom. The van der Waals surface area contributed by atoms with Gasteiger partial charge in [0.05, 0.1) is 0 Å². The molecule has 0 fully saturated rings. The van der Waals surface area contributed by atoms with Crippen LogP contribution in [0.2, 0.25) is 0 Å². The zero-order chi connectivity index (χ0) is 10.2. The van der Waals surface area contributed by atoms with Gasteiger partial charge in [-0.3, -0.25) is 4.21 Å². The van der Waals surface area contributed by atoms with E-state index in [-0.39, 0.29) is 29.6 Å². The first-order valence-corrected chi connectivity index (χ1v) is 3.13. The van der Waals surface area contributed by atoms with Crippen LogP contribution in [0.15, 0.2) is 0 Å². The standard InChI is InChI=1S/C2HF6NO2S.Na/c3-1(4,5)9(12(10)11)2(6,7)8;/h(H,10,11);/p-1. The third-order valence-electron chi connectivity index (χ3n) is 0.610. The van der Waals surface area contributed by atoms with Crippen molar-refractivity contribution < 1.29 is 35.1 Å². The zero-order valence-electron chi connectivity index (χ0n) is 5.94. The van der Waals surface area contributed by atoms with E-state index in [0.29, 0.717) is 0 Å². The summed E-state index contributed by atoms with van der Waals surface area (Å²) in [6.45, 7) is 0. The van der Waals surface area contributed by atoms with Crippen molar-refractivity contribution in [3.63, 3.8) is 0 Å². The van der Waals surface area contributed by atoms with E-state index >= 15 is 0 Å². The van der Waals surface area contributed by atoms with Gasteiger partial charge >= 0.3 is 12.6 Å². The first-order valence-electron chi connectivity index (χ1n) is 2.10. The molecule has 0 saturated carbocycles. The quantitative estimate of drug-likeness (QED) is 0.293. The number of alkyl halides is 6. The van der Waals surface area contributed by atoms with Gasteiger partial charge in [-0.15, -0.1) is 0 Å². The van der Waals surface area contributed by atoms with E-state index in [4.69, 9.17) is 0 Å². The van der Waals surface area contributed by atoms with Crippen LogP contribution in [-0.2, 0) is 11.3 Å². The molecule has 11 heteroatoms. The van der Waals surface area contributed by atoms with Crippen LogP contribution in [0.5, 0.6) is 0 Å². The minimum Gasteiger partial charge on any atom is -0.759 e. The van der Waals surface area contributed by atoms with Gasteiger partial charge in [-0.2, -0.15) is 26.3 Å². The van der Waals surface area contributed by atoms with Crippen molar-refractivity contribution in [1.82, 2.24) is 4.31 Å². The maximum atomic E-state index is 11.3. The van der Waals surface area contributed by atoms with Gasteiger partial charge in [0.1, 0.15) is 0 Å². The van der Waals surface area contributed by atoms with E-state index in [1.165, 1.54) is 0 Å². The molecule has 0 heterocycles. The molecular formula is C2F6NNaO2S-. The Hall–Kier alpha value is 0.650. The van der Waals surface area contributed by atoms with E-state index < -0.39 is 28.2 Å². The van der Waals surface area contributed by atoms with Crippen molar-refractivity contribution in [3.8, 4) is 0 Å². The normalized spacial score (nSPS) is 15.4. The van der Waals surface area contributed by atoms with E-state index in [2.05, 4.69) is 0 Å². The summed E-state index contributed by atoms with van der Waals surface area (Å²) in [5.74, 6) is 0. The summed E-state index contributed by atoms with van der Waals surface area (Å²) >= 11 is -4.41. The SMILES string of the molecule is O=S([O-])N(C(F)(F)F)C(F)(F)F.[Na]. The summed E-state index contributed by atoms with van der Waals surface area (Å²) < 4.78 is 84.1. The Kier molecular flexibility index (Phi) is 6.11. The maximum Gasteiger partial charge on any atom is 0.477 e. The van der Waals surface area contributed by atoms with Gasteiger partial charge in [0, 0.05) is 40.8 Å². The zero-order valence-corrected chi connectivity index (χ0v) is 8.76. The minimum atomic E-state index is -5.98. The average Bonchev–Trinajstić information content (AvgIpc) is 1.49. The second-order valence-electron chi connectivity index (χ2n) is 1.45. The summed E-state index contributed by atoms with van der Waals surface area (Å²) in [6.07, 6.45) is -12.0. The predicted octanol–water partition coefficient (Wildman–Crippen LogP) is 0.741. The van der Waals surface area contributed by atoms with Crippen LogP contribution in [0, 0.1) is 0 Å². The largest absolute Gasteiger partial charge is 0.759 e. The van der Waals surface area contributed by atoms with Crippen LogP contribution in [0.1, 0.15) is 0 Å². The van der Waals surface area contributed by atoms with Crippen molar-refractivity contribution in [2.24, 2.45) is 0 Å². The van der Waals surface area contributed by atoms with E-state index in [0.717, 1.165) is 0 Å². The average molecular weight is 239 g/mol. The second kappa shape index (κ2) is 4.94. The molecule has 0 N–H and O–H groups in total. The molecule has 0 aliphatic heterocycles. The third-order valence-corrected chi connectivity index (χ3v) is 1.32. The molecular weight excluding hydrogens is 239 g/mol. The van der Waals surface area contributed by atoms with Crippen molar-refractivity contribution in [3.05, 3.63) is 0 Å². The molecule has 13 heavy (non-hydrogen) atoms. The molecule has 1 unspecified atom stereocenters. The molecule has 0 rings (SSSR count). The van der Waals surface area contributed by atoms with Crippen molar-refractivity contribution >= 4 is 40.8 Å². The predicted molar refractivity (Wildman–Crippen MR) is 28.6 cm³/mol. The Labute approximate surface area is 92.8 Å². The molecule has 75 valence electrons. The molecule has 0 spiro atoms. The topological polar surface area (TPSA) is 43.4 Å². The Morgan fingerprint density at radius 3 is 1.23 bits per heavy atom. The summed E-state index contributed by atoms with van der Waals surface area (Å²) in [4.78, 5) is 0. The maximum absolute atomic E-state index is 11.3. The number of hydrogen-bond donors (Lipinski definition) is 0. The van der Waals surface area contributed by atoms with Gasteiger partial charge in [0.2, 0.25) is 0 Å². The van der Waals surface area contributed by atoms with Gasteiger partial charge < -0.3 is 4.55 Å². The van der Waals surface area contributed by atoms with Crippen LogP contribution >= 0.6 is 0 Å². The van der Waals surface area contributed by atoms with Crippen LogP contribution < -0.4 is 0 Å². The summed E-state index contributed by atoms with van der Waals surface area (Å²) in [6, 6.07) is 0. The van der Waals surface area contributed by atoms with Crippen molar-refractivity contribution in [2.45, 2.75) is 12.6 Å². The first kappa shape index (κ1) is 16.1. The van der Waals surface area contributed by atoms with Gasteiger partial charge in [-0.05, 0) is 4.31 Å². The number of hydrogen-bond acceptors (Lipinski definition) is 2. The summed E-state index contributed by atoms with van der Waals surface area (Å²) in [5.41, 5.74) is 0. The molecule has 0 aromatic heterocycles. The fourth-order valence-electron chi connectivity index (χ4n) is 0.313. The van der Waals surface area contributed by atoms with Crippen LogP contribution in [0.3, 0.4) is 0 Å². The molecule has 3 nitrogen and oxygen atoms in total. The molecule has 1 radical (unpaired) electrons. The second-order valence-corrected chi connectivity index (χ2v) is 2.25. The Bertz CT molecular complexity index is 176. The Balaban J connectivity index is 0. The van der Waals surface area contributed by atoms with Crippen LogP contribution in [0.4, 0.5) is 26.3 Å². The van der Waals surface area contributed by atoms with Gasteiger partial charge in [-0.25, -0.2) is 0 Å². The van der Waals surface area contributed by atoms with Crippen molar-refractivity contribution in [2.75, 3.05) is 0 Å².